The molecule has 1 fully saturated rings. The predicted octanol–water partition coefficient (Wildman–Crippen LogP) is 5.01. The van der Waals surface area contributed by atoms with Crippen LogP contribution in [-0.2, 0) is 9.59 Å². The zero-order chi connectivity index (χ0) is 25.7. The monoisotopic (exact) mass is 597 g/mol. The van der Waals surface area contributed by atoms with E-state index in [0.29, 0.717) is 61.6 Å². The lowest BCUT2D eigenvalue weighted by atomic mass is 10.1. The number of nitrogens with zero attached hydrogens (tertiary/aromatic N) is 3. The molecule has 4 rings (SSSR count). The lowest BCUT2D eigenvalue weighted by Crippen LogP contribution is -2.49. The van der Waals surface area contributed by atoms with Gasteiger partial charge < -0.3 is 20.6 Å². The predicted molar refractivity (Wildman–Crippen MR) is 162 cm³/mol. The second kappa shape index (κ2) is 15.5. The number of anilines is 3. The van der Waals surface area contributed by atoms with Crippen LogP contribution in [0.3, 0.4) is 0 Å². The third-order valence-electron chi connectivity index (χ3n) is 6.15. The number of aryl methyl sites for hydroxylation is 1. The first-order valence-electron chi connectivity index (χ1n) is 12.1. The van der Waals surface area contributed by atoms with Crippen molar-refractivity contribution < 1.29 is 19.5 Å². The average molecular weight is 599 g/mol. The molecule has 2 aromatic carbocycles. The van der Waals surface area contributed by atoms with E-state index in [1.807, 2.05) is 43.0 Å². The molecule has 1 saturated heterocycles. The number of piperazine rings is 1. The van der Waals surface area contributed by atoms with Crippen LogP contribution in [0.2, 0.25) is 0 Å². The molecule has 1 aliphatic rings. The fourth-order valence-electron chi connectivity index (χ4n) is 4.34. The molecule has 0 saturated carbocycles. The van der Waals surface area contributed by atoms with E-state index in [-0.39, 0.29) is 54.6 Å². The third-order valence-corrected chi connectivity index (χ3v) is 6.15. The van der Waals surface area contributed by atoms with Crippen molar-refractivity contribution in [1.29, 1.82) is 0 Å². The molecule has 212 valence electrons. The van der Waals surface area contributed by atoms with Crippen LogP contribution >= 0.6 is 37.2 Å². The van der Waals surface area contributed by atoms with E-state index in [1.54, 1.807) is 24.3 Å². The lowest BCUT2D eigenvalue weighted by molar-refractivity contribution is -0.117. The summed E-state index contributed by atoms with van der Waals surface area (Å²) in [6.45, 7) is 6.77. The number of carbonyl (C=O) groups excluding carboxylic acids is 2. The number of aromatic nitrogens is 1. The molecule has 3 aromatic rings. The summed E-state index contributed by atoms with van der Waals surface area (Å²) >= 11 is 0. The summed E-state index contributed by atoms with van der Waals surface area (Å²) in [7, 11) is 0. The van der Waals surface area contributed by atoms with Gasteiger partial charge in [0.15, 0.2) is 0 Å². The molecule has 3 N–H and O–H groups in total. The summed E-state index contributed by atoms with van der Waals surface area (Å²) < 4.78 is 0. The van der Waals surface area contributed by atoms with Crippen molar-refractivity contribution in [1.82, 2.24) is 9.88 Å². The zero-order valence-corrected chi connectivity index (χ0v) is 24.3. The summed E-state index contributed by atoms with van der Waals surface area (Å²) in [5.74, 6) is -0.629. The van der Waals surface area contributed by atoms with E-state index in [0.717, 1.165) is 17.7 Å². The van der Waals surface area contributed by atoms with E-state index in [4.69, 9.17) is 4.98 Å². The number of hydrogen-bond donors (Lipinski definition) is 3. The van der Waals surface area contributed by atoms with Crippen molar-refractivity contribution in [3.63, 3.8) is 0 Å². The Morgan fingerprint density at radius 2 is 1.56 bits per heavy atom. The van der Waals surface area contributed by atoms with Crippen molar-refractivity contribution in [3.8, 4) is 0 Å². The Labute approximate surface area is 246 Å². The first kappa shape index (κ1) is 33.9. The van der Waals surface area contributed by atoms with Gasteiger partial charge in [0.1, 0.15) is 5.82 Å². The van der Waals surface area contributed by atoms with Gasteiger partial charge in [-0.2, -0.15) is 0 Å². The van der Waals surface area contributed by atoms with Crippen molar-refractivity contribution >= 4 is 83.1 Å². The molecule has 0 atom stereocenters. The third kappa shape index (κ3) is 8.96. The molecule has 0 radical (unpaired) electrons. The molecule has 39 heavy (non-hydrogen) atoms. The molecule has 12 heteroatoms. The van der Waals surface area contributed by atoms with Gasteiger partial charge in [0.05, 0.1) is 17.6 Å². The maximum absolute atomic E-state index is 12.5. The molecule has 0 aliphatic carbocycles. The van der Waals surface area contributed by atoms with Gasteiger partial charge >= 0.3 is 5.97 Å². The van der Waals surface area contributed by atoms with Crippen LogP contribution < -0.4 is 15.5 Å². The van der Waals surface area contributed by atoms with Crippen LogP contribution in [0.25, 0.3) is 10.9 Å². The highest BCUT2D eigenvalue weighted by molar-refractivity contribution is 6.05. The van der Waals surface area contributed by atoms with Gasteiger partial charge in [-0.15, -0.1) is 37.2 Å². The Morgan fingerprint density at radius 3 is 2.21 bits per heavy atom. The van der Waals surface area contributed by atoms with Gasteiger partial charge in [0.2, 0.25) is 11.8 Å². The Hall–Kier alpha value is -3.11. The number of carboxylic acids is 1. The molecule has 1 aliphatic heterocycles. The van der Waals surface area contributed by atoms with Gasteiger partial charge in [0, 0.05) is 49.4 Å². The number of carbonyl (C=O) groups is 3. The summed E-state index contributed by atoms with van der Waals surface area (Å²) in [5, 5.41) is 16.1. The topological polar surface area (TPSA) is 115 Å². The fourth-order valence-corrected chi connectivity index (χ4v) is 4.34. The summed E-state index contributed by atoms with van der Waals surface area (Å²) in [6.07, 6.45) is 1.13. The summed E-state index contributed by atoms with van der Waals surface area (Å²) in [6, 6.07) is 14.4. The number of nitrogens with one attached hydrogen (secondary N) is 2. The number of amides is 2. The van der Waals surface area contributed by atoms with Gasteiger partial charge in [-0.25, -0.2) is 9.78 Å². The summed E-state index contributed by atoms with van der Waals surface area (Å²) in [4.78, 5) is 45.3. The maximum atomic E-state index is 12.5. The SMILES string of the molecule is CCCC(=O)Nc1ccc2nc(N3CCN(CC(=O)Nc4cccc(C)c4)CC3)cc(C(=O)O)c2c1.Cl.Cl.Cl. The number of pyridine rings is 1. The Kier molecular flexibility index (Phi) is 13.5. The fraction of sp³-hybridized carbons (Fsp3) is 0.333. The van der Waals surface area contributed by atoms with Crippen LogP contribution in [0.15, 0.2) is 48.5 Å². The van der Waals surface area contributed by atoms with Crippen molar-refractivity contribution in [3.05, 3.63) is 59.7 Å². The molecular formula is C27H34Cl3N5O4. The van der Waals surface area contributed by atoms with Gasteiger partial charge in [-0.1, -0.05) is 19.1 Å². The van der Waals surface area contributed by atoms with Crippen LogP contribution in [0.5, 0.6) is 0 Å². The quantitative estimate of drug-likeness (QED) is 0.334. The molecule has 2 heterocycles. The minimum Gasteiger partial charge on any atom is -0.478 e. The molecule has 0 unspecified atom stereocenters. The molecule has 0 spiro atoms. The average Bonchev–Trinajstić information content (AvgIpc) is 2.84. The number of rotatable bonds is 8. The molecule has 9 nitrogen and oxygen atoms in total. The minimum atomic E-state index is -1.05. The first-order chi connectivity index (χ1) is 17.3. The first-order valence-corrected chi connectivity index (χ1v) is 12.1. The van der Waals surface area contributed by atoms with E-state index >= 15 is 0 Å². The Balaban J connectivity index is 0.00000253. The smallest absolute Gasteiger partial charge is 0.336 e. The number of carboxylic acid groups (broad SMARTS) is 1. The van der Waals surface area contributed by atoms with Gasteiger partial charge in [-0.05, 0) is 55.3 Å². The lowest BCUT2D eigenvalue weighted by Gasteiger charge is -2.35. The number of hydrogen-bond acceptors (Lipinski definition) is 6. The molecule has 1 aromatic heterocycles. The van der Waals surface area contributed by atoms with Crippen molar-refractivity contribution in [2.24, 2.45) is 0 Å². The standard InChI is InChI=1S/C27H31N5O4.3ClH/c1-3-5-25(33)28-20-8-9-23-21(15-20)22(27(35)36)16-24(30-23)32-12-10-31(11-13-32)17-26(34)29-19-7-4-6-18(2)14-19;;;/h4,6-9,14-16H,3,5,10-13,17H2,1-2H3,(H,28,33)(H,29,34)(H,35,36);3*1H. The van der Waals surface area contributed by atoms with E-state index in [2.05, 4.69) is 15.5 Å². The Morgan fingerprint density at radius 1 is 0.897 bits per heavy atom. The van der Waals surface area contributed by atoms with E-state index < -0.39 is 5.97 Å². The number of aromatic carboxylic acids is 1. The zero-order valence-electron chi connectivity index (χ0n) is 21.8. The highest BCUT2D eigenvalue weighted by Gasteiger charge is 2.22. The van der Waals surface area contributed by atoms with Crippen LogP contribution in [0.1, 0.15) is 35.7 Å². The second-order valence-corrected chi connectivity index (χ2v) is 9.04. The minimum absolute atomic E-state index is 0. The van der Waals surface area contributed by atoms with Crippen LogP contribution in [0, 0.1) is 6.92 Å². The highest BCUT2D eigenvalue weighted by atomic mass is 35.5. The largest absolute Gasteiger partial charge is 0.478 e. The van der Waals surface area contributed by atoms with Crippen molar-refractivity contribution in [2.45, 2.75) is 26.7 Å². The van der Waals surface area contributed by atoms with Crippen molar-refractivity contribution in [2.75, 3.05) is 48.3 Å². The highest BCUT2D eigenvalue weighted by Crippen LogP contribution is 2.27. The molecular weight excluding hydrogens is 565 g/mol. The van der Waals surface area contributed by atoms with Crippen LogP contribution in [-0.4, -0.2) is 65.5 Å². The maximum Gasteiger partial charge on any atom is 0.336 e. The molecule has 0 bridgehead atoms. The van der Waals surface area contributed by atoms with Crippen LogP contribution in [0.4, 0.5) is 17.2 Å². The molecule has 2 amide bonds. The van der Waals surface area contributed by atoms with E-state index in [9.17, 15) is 19.5 Å². The number of benzene rings is 2. The number of fused-ring (bicyclic) bond motifs is 1. The Bertz CT molecular complexity index is 1300. The van der Waals surface area contributed by atoms with Gasteiger partial charge in [-0.3, -0.25) is 14.5 Å². The van der Waals surface area contributed by atoms with E-state index in [1.165, 1.54) is 0 Å². The second-order valence-electron chi connectivity index (χ2n) is 9.04. The van der Waals surface area contributed by atoms with Gasteiger partial charge in [0.25, 0.3) is 0 Å². The normalized spacial score (nSPS) is 12.9. The summed E-state index contributed by atoms with van der Waals surface area (Å²) in [5.41, 5.74) is 3.12. The number of halogens is 3.